The van der Waals surface area contributed by atoms with Crippen molar-refractivity contribution >= 4 is 23.3 Å². The normalized spacial score (nSPS) is 10.1. The maximum absolute atomic E-state index is 11.7. The molecule has 0 radical (unpaired) electrons. The van der Waals surface area contributed by atoms with Crippen LogP contribution < -0.4 is 10.6 Å². The van der Waals surface area contributed by atoms with Gasteiger partial charge in [0.15, 0.2) is 0 Å². The van der Waals surface area contributed by atoms with Gasteiger partial charge >= 0.3 is 6.03 Å². The van der Waals surface area contributed by atoms with E-state index in [0.29, 0.717) is 17.3 Å². The maximum Gasteiger partial charge on any atom is 0.319 e. The van der Waals surface area contributed by atoms with Gasteiger partial charge in [0, 0.05) is 11.6 Å². The number of urea groups is 1. The molecule has 5 heteroatoms. The minimum absolute atomic E-state index is 0.0478. The van der Waals surface area contributed by atoms with Gasteiger partial charge in [-0.25, -0.2) is 4.79 Å². The number of hydrogen-bond donors (Lipinski definition) is 3. The molecule has 4 nitrogen and oxygen atoms in total. The highest BCUT2D eigenvalue weighted by atomic mass is 35.5. The van der Waals surface area contributed by atoms with Crippen LogP contribution in [0.4, 0.5) is 10.5 Å². The third kappa shape index (κ3) is 3.90. The molecule has 3 N–H and O–H groups in total. The van der Waals surface area contributed by atoms with Crippen LogP contribution in [0.2, 0.25) is 5.02 Å². The number of rotatable bonds is 3. The number of aromatic hydroxyl groups is 1. The second-order valence-corrected chi connectivity index (χ2v) is 4.89. The minimum atomic E-state index is -0.376. The summed E-state index contributed by atoms with van der Waals surface area (Å²) in [6.07, 6.45) is 0. The zero-order valence-corrected chi connectivity index (χ0v) is 11.7. The van der Waals surface area contributed by atoms with Gasteiger partial charge in [0.25, 0.3) is 0 Å². The van der Waals surface area contributed by atoms with Crippen molar-refractivity contribution in [3.63, 3.8) is 0 Å². The molecule has 2 aromatic rings. The Morgan fingerprint density at radius 3 is 2.55 bits per heavy atom. The molecule has 0 unspecified atom stereocenters. The van der Waals surface area contributed by atoms with Crippen molar-refractivity contribution in [1.29, 1.82) is 0 Å². The van der Waals surface area contributed by atoms with E-state index in [4.69, 9.17) is 11.6 Å². The van der Waals surface area contributed by atoms with Crippen LogP contribution in [0.25, 0.3) is 0 Å². The van der Waals surface area contributed by atoms with Gasteiger partial charge in [0.05, 0.1) is 5.69 Å². The van der Waals surface area contributed by atoms with Crippen LogP contribution in [-0.4, -0.2) is 11.1 Å². The van der Waals surface area contributed by atoms with E-state index in [-0.39, 0.29) is 11.8 Å². The smallest absolute Gasteiger partial charge is 0.319 e. The molecular weight excluding hydrogens is 276 g/mol. The van der Waals surface area contributed by atoms with E-state index < -0.39 is 0 Å². The zero-order chi connectivity index (χ0) is 14.5. The van der Waals surface area contributed by atoms with E-state index in [0.717, 1.165) is 11.1 Å². The first kappa shape index (κ1) is 14.2. The summed E-state index contributed by atoms with van der Waals surface area (Å²) >= 11 is 5.78. The summed E-state index contributed by atoms with van der Waals surface area (Å²) in [7, 11) is 0. The topological polar surface area (TPSA) is 61.4 Å². The number of nitrogens with one attached hydrogen (secondary N) is 2. The monoisotopic (exact) mass is 290 g/mol. The van der Waals surface area contributed by atoms with E-state index in [9.17, 15) is 9.90 Å². The molecule has 104 valence electrons. The van der Waals surface area contributed by atoms with E-state index in [2.05, 4.69) is 10.6 Å². The van der Waals surface area contributed by atoms with Crippen molar-refractivity contribution in [2.75, 3.05) is 5.32 Å². The Bertz CT molecular complexity index is 612. The molecule has 0 saturated carbocycles. The fourth-order valence-corrected chi connectivity index (χ4v) is 1.82. The number of hydrogen-bond acceptors (Lipinski definition) is 2. The van der Waals surface area contributed by atoms with Crippen LogP contribution in [0.1, 0.15) is 11.1 Å². The van der Waals surface area contributed by atoms with Gasteiger partial charge in [-0.3, -0.25) is 0 Å². The van der Waals surface area contributed by atoms with Crippen LogP contribution >= 0.6 is 11.6 Å². The van der Waals surface area contributed by atoms with Gasteiger partial charge in [-0.05, 0) is 42.3 Å². The van der Waals surface area contributed by atoms with Gasteiger partial charge < -0.3 is 15.7 Å². The van der Waals surface area contributed by atoms with Crippen LogP contribution in [0.15, 0.2) is 42.5 Å². The summed E-state index contributed by atoms with van der Waals surface area (Å²) in [5, 5.41) is 15.7. The largest absolute Gasteiger partial charge is 0.506 e. The number of benzene rings is 2. The second-order valence-electron chi connectivity index (χ2n) is 4.45. The molecule has 0 atom stereocenters. The number of carbonyl (C=O) groups is 1. The summed E-state index contributed by atoms with van der Waals surface area (Å²) < 4.78 is 0. The number of anilines is 1. The lowest BCUT2D eigenvalue weighted by atomic mass is 10.2. The molecule has 0 aromatic heterocycles. The average molecular weight is 291 g/mol. The van der Waals surface area contributed by atoms with Crippen molar-refractivity contribution in [3.05, 3.63) is 58.6 Å². The molecule has 0 fully saturated rings. The van der Waals surface area contributed by atoms with Crippen molar-refractivity contribution < 1.29 is 9.90 Å². The molecule has 0 aliphatic rings. The molecule has 0 aliphatic heterocycles. The highest BCUT2D eigenvalue weighted by Crippen LogP contribution is 2.23. The first-order chi connectivity index (χ1) is 9.54. The van der Waals surface area contributed by atoms with Crippen molar-refractivity contribution in [2.24, 2.45) is 0 Å². The molecule has 2 rings (SSSR count). The van der Waals surface area contributed by atoms with Crippen LogP contribution in [-0.2, 0) is 6.54 Å². The molecule has 0 aliphatic carbocycles. The molecule has 2 aromatic carbocycles. The summed E-state index contributed by atoms with van der Waals surface area (Å²) in [5.41, 5.74) is 2.25. The van der Waals surface area contributed by atoms with Crippen LogP contribution in [0, 0.1) is 6.92 Å². The predicted octanol–water partition coefficient (Wildman–Crippen LogP) is 3.68. The fraction of sp³-hybridized carbons (Fsp3) is 0.133. The quantitative estimate of drug-likeness (QED) is 0.755. The number of halogens is 1. The summed E-state index contributed by atoms with van der Waals surface area (Å²) in [5.74, 6) is 0.0478. The SMILES string of the molecule is Cc1ccc(NC(=O)NCc2ccc(Cl)cc2)c(O)c1. The Balaban J connectivity index is 1.90. The number of aryl methyl sites for hydroxylation is 1. The molecule has 20 heavy (non-hydrogen) atoms. The molecule has 0 spiro atoms. The minimum Gasteiger partial charge on any atom is -0.506 e. The lowest BCUT2D eigenvalue weighted by Crippen LogP contribution is -2.28. The first-order valence-electron chi connectivity index (χ1n) is 6.13. The summed E-state index contributed by atoms with van der Waals surface area (Å²) in [6.45, 7) is 2.25. The third-order valence-electron chi connectivity index (χ3n) is 2.77. The highest BCUT2D eigenvalue weighted by Gasteiger charge is 2.05. The Labute approximate surface area is 122 Å². The summed E-state index contributed by atoms with van der Waals surface area (Å²) in [4.78, 5) is 11.7. The van der Waals surface area contributed by atoms with Crippen molar-refractivity contribution in [2.45, 2.75) is 13.5 Å². The molecular formula is C15H15ClN2O2. The summed E-state index contributed by atoms with van der Waals surface area (Å²) in [6, 6.07) is 11.9. The maximum atomic E-state index is 11.7. The number of carbonyl (C=O) groups excluding carboxylic acids is 1. The van der Waals surface area contributed by atoms with E-state index in [1.807, 2.05) is 25.1 Å². The Hall–Kier alpha value is -2.20. The van der Waals surface area contributed by atoms with E-state index in [1.54, 1.807) is 24.3 Å². The van der Waals surface area contributed by atoms with Crippen molar-refractivity contribution in [1.82, 2.24) is 5.32 Å². The van der Waals surface area contributed by atoms with Gasteiger partial charge in [0.1, 0.15) is 5.75 Å². The standard InChI is InChI=1S/C15H15ClN2O2/c1-10-2-7-13(14(19)8-10)18-15(20)17-9-11-3-5-12(16)6-4-11/h2-8,19H,9H2,1H3,(H2,17,18,20). The molecule has 0 saturated heterocycles. The van der Waals surface area contributed by atoms with E-state index in [1.165, 1.54) is 0 Å². The fourth-order valence-electron chi connectivity index (χ4n) is 1.70. The van der Waals surface area contributed by atoms with Crippen LogP contribution in [0.3, 0.4) is 0 Å². The third-order valence-corrected chi connectivity index (χ3v) is 3.02. The second kappa shape index (κ2) is 6.30. The Morgan fingerprint density at radius 2 is 1.90 bits per heavy atom. The average Bonchev–Trinajstić information content (AvgIpc) is 2.41. The number of amides is 2. The van der Waals surface area contributed by atoms with Crippen LogP contribution in [0.5, 0.6) is 5.75 Å². The van der Waals surface area contributed by atoms with Gasteiger partial charge in [0.2, 0.25) is 0 Å². The number of phenols is 1. The molecule has 0 bridgehead atoms. The van der Waals surface area contributed by atoms with E-state index >= 15 is 0 Å². The Morgan fingerprint density at radius 1 is 1.20 bits per heavy atom. The van der Waals surface area contributed by atoms with Gasteiger partial charge in [-0.15, -0.1) is 0 Å². The molecule has 0 heterocycles. The zero-order valence-electron chi connectivity index (χ0n) is 11.0. The number of phenolic OH excluding ortho intramolecular Hbond substituents is 1. The predicted molar refractivity (Wildman–Crippen MR) is 80.2 cm³/mol. The molecule has 2 amide bonds. The Kier molecular flexibility index (Phi) is 4.48. The first-order valence-corrected chi connectivity index (χ1v) is 6.51. The van der Waals surface area contributed by atoms with Crippen molar-refractivity contribution in [3.8, 4) is 5.75 Å². The van der Waals surface area contributed by atoms with Gasteiger partial charge in [-0.1, -0.05) is 29.8 Å². The lowest BCUT2D eigenvalue weighted by molar-refractivity contribution is 0.251. The van der Waals surface area contributed by atoms with Gasteiger partial charge in [-0.2, -0.15) is 0 Å². The lowest BCUT2D eigenvalue weighted by Gasteiger charge is -2.09. The highest BCUT2D eigenvalue weighted by molar-refractivity contribution is 6.30.